The van der Waals surface area contributed by atoms with E-state index in [0.29, 0.717) is 29.5 Å². The minimum Gasteiger partial charge on any atom is -0.443 e. The van der Waals surface area contributed by atoms with Crippen molar-refractivity contribution in [3.05, 3.63) is 108 Å². The highest BCUT2D eigenvalue weighted by Gasteiger charge is 2.62. The molecule has 31 heavy (non-hydrogen) atoms. The van der Waals surface area contributed by atoms with Gasteiger partial charge in [-0.15, -0.1) is 0 Å². The minimum absolute atomic E-state index is 0.0295. The van der Waals surface area contributed by atoms with Crippen LogP contribution in [0.5, 0.6) is 0 Å². The Balaban J connectivity index is 1.58. The Morgan fingerprint density at radius 1 is 0.903 bits per heavy atom. The Morgan fingerprint density at radius 3 is 2.29 bits per heavy atom. The average molecular weight is 437 g/mol. The lowest BCUT2D eigenvalue weighted by Crippen LogP contribution is -2.43. The number of carbonyl (C=O) groups excluding carboxylic acids is 1. The molecule has 1 unspecified atom stereocenters. The van der Waals surface area contributed by atoms with Crippen molar-refractivity contribution in [3.8, 4) is 0 Å². The summed E-state index contributed by atoms with van der Waals surface area (Å²) in [7, 11) is 0. The van der Waals surface area contributed by atoms with Crippen LogP contribution < -0.4 is 0 Å². The van der Waals surface area contributed by atoms with E-state index in [4.69, 9.17) is 4.74 Å². The smallest absolute Gasteiger partial charge is 0.341 e. The fourth-order valence-electron chi connectivity index (χ4n) is 3.80. The zero-order valence-electron chi connectivity index (χ0n) is 16.8. The molecule has 4 rings (SSSR count). The summed E-state index contributed by atoms with van der Waals surface area (Å²) < 4.78 is 37.0. The molecule has 0 spiro atoms. The number of carbonyl (C=O) groups is 1. The van der Waals surface area contributed by atoms with Crippen LogP contribution in [0.15, 0.2) is 95.9 Å². The molecule has 0 fully saturated rings. The van der Waals surface area contributed by atoms with E-state index in [9.17, 15) is 4.79 Å². The van der Waals surface area contributed by atoms with Crippen LogP contribution in [0.25, 0.3) is 6.08 Å². The molecule has 0 aromatic heterocycles. The summed E-state index contributed by atoms with van der Waals surface area (Å²) in [5.74, 6) is -0.691. The van der Waals surface area contributed by atoms with Gasteiger partial charge in [-0.2, -0.15) is 8.78 Å². The molecule has 1 atom stereocenters. The summed E-state index contributed by atoms with van der Waals surface area (Å²) in [4.78, 5) is 12.9. The van der Waals surface area contributed by atoms with Crippen LogP contribution in [0.4, 0.5) is 8.78 Å². The number of hydrogen-bond donors (Lipinski definition) is 0. The summed E-state index contributed by atoms with van der Waals surface area (Å²) in [6.07, 6.45) is 5.02. The van der Waals surface area contributed by atoms with Crippen LogP contribution in [0.3, 0.4) is 0 Å². The lowest BCUT2D eigenvalue weighted by molar-refractivity contribution is -0.130. The first kappa shape index (κ1) is 21.3. The number of rotatable bonds is 8. The van der Waals surface area contributed by atoms with E-state index in [0.717, 1.165) is 5.56 Å². The molecule has 0 radical (unpaired) electrons. The van der Waals surface area contributed by atoms with Crippen molar-refractivity contribution in [3.63, 3.8) is 0 Å². The first-order valence-corrected chi connectivity index (χ1v) is 11.0. The zero-order valence-corrected chi connectivity index (χ0v) is 17.7. The molecule has 3 aromatic rings. The Hall–Kier alpha value is -2.92. The number of fused-ring (bicyclic) bond motifs is 1. The lowest BCUT2D eigenvalue weighted by atomic mass is 9.87. The number of unbranched alkanes of at least 4 members (excludes halogenated alkanes) is 1. The van der Waals surface area contributed by atoms with Crippen molar-refractivity contribution >= 4 is 23.8 Å². The molecule has 1 heterocycles. The van der Waals surface area contributed by atoms with Gasteiger partial charge in [0.1, 0.15) is 0 Å². The normalized spacial score (nSPS) is 18.2. The van der Waals surface area contributed by atoms with Gasteiger partial charge in [-0.3, -0.25) is 0 Å². The molecule has 1 aliphatic rings. The first-order valence-electron chi connectivity index (χ1n) is 10.2. The molecule has 0 N–H and O–H groups in total. The third-order valence-corrected chi connectivity index (χ3v) is 6.41. The van der Waals surface area contributed by atoms with Crippen LogP contribution >= 0.6 is 11.8 Å². The van der Waals surface area contributed by atoms with Gasteiger partial charge in [0.15, 0.2) is 0 Å². The van der Waals surface area contributed by atoms with Crippen LogP contribution in [-0.4, -0.2) is 11.2 Å². The topological polar surface area (TPSA) is 26.3 Å². The maximum atomic E-state index is 15.8. The number of esters is 1. The fraction of sp³-hybridized carbons (Fsp3) is 0.192. The van der Waals surface area contributed by atoms with Crippen molar-refractivity contribution in [1.29, 1.82) is 0 Å². The number of halogens is 2. The van der Waals surface area contributed by atoms with Gasteiger partial charge in [-0.1, -0.05) is 78.9 Å². The van der Waals surface area contributed by atoms with Crippen molar-refractivity contribution in [1.82, 2.24) is 0 Å². The number of allylic oxidation sites excluding steroid dienone is 1. The summed E-state index contributed by atoms with van der Waals surface area (Å²) in [5.41, 5.74) is -0.460. The Morgan fingerprint density at radius 2 is 1.55 bits per heavy atom. The molecule has 158 valence electrons. The van der Waals surface area contributed by atoms with Crippen molar-refractivity contribution < 1.29 is 18.3 Å². The number of ether oxygens (including phenoxy) is 1. The fourth-order valence-corrected chi connectivity index (χ4v) is 4.81. The van der Waals surface area contributed by atoms with E-state index < -0.39 is 16.8 Å². The number of hydrogen-bond acceptors (Lipinski definition) is 3. The van der Waals surface area contributed by atoms with Crippen molar-refractivity contribution in [2.45, 2.75) is 35.0 Å². The lowest BCUT2D eigenvalue weighted by Gasteiger charge is -2.36. The molecule has 5 heteroatoms. The van der Waals surface area contributed by atoms with Gasteiger partial charge in [0, 0.05) is 10.5 Å². The summed E-state index contributed by atoms with van der Waals surface area (Å²) in [6, 6.07) is 24.8. The number of alkyl halides is 2. The second-order valence-electron chi connectivity index (χ2n) is 7.40. The zero-order chi connectivity index (χ0) is 21.7. The van der Waals surface area contributed by atoms with E-state index in [1.54, 1.807) is 54.6 Å². The molecule has 2 nitrogen and oxygen atoms in total. The van der Waals surface area contributed by atoms with Crippen LogP contribution in [0, 0.1) is 0 Å². The SMILES string of the molecule is O=C1OC(CCC/C=C/c2ccccc2)(C(F)(F)Sc2ccccc2)c2ccccc21. The standard InChI is InChI=1S/C26H22F2O2S/c27-26(28,31-21-15-7-2-8-16-21)25(23-18-10-9-17-22(23)24(29)30-25)19-11-3-6-14-20-12-4-1-5-13-20/h1-2,4-10,12-18H,3,11,19H2/b14-6+. The molecular weight excluding hydrogens is 414 g/mol. The third kappa shape index (κ3) is 4.42. The molecule has 0 bridgehead atoms. The Kier molecular flexibility index (Phi) is 6.23. The quantitative estimate of drug-likeness (QED) is 0.210. The number of benzene rings is 3. The summed E-state index contributed by atoms with van der Waals surface area (Å²) in [6.45, 7) is 0. The first-order chi connectivity index (χ1) is 15.0. The van der Waals surface area contributed by atoms with E-state index in [1.165, 1.54) is 0 Å². The summed E-state index contributed by atoms with van der Waals surface area (Å²) >= 11 is 0.440. The van der Waals surface area contributed by atoms with Gasteiger partial charge in [-0.05, 0) is 54.8 Å². The second kappa shape index (κ2) is 9.06. The Labute approximate surface area is 184 Å². The molecule has 1 aliphatic heterocycles. The van der Waals surface area contributed by atoms with Gasteiger partial charge in [0.05, 0.1) is 5.56 Å². The minimum atomic E-state index is -3.33. The van der Waals surface area contributed by atoms with E-state index in [2.05, 4.69) is 0 Å². The molecule has 3 aromatic carbocycles. The highest BCUT2D eigenvalue weighted by atomic mass is 32.2. The monoisotopic (exact) mass is 436 g/mol. The molecule has 0 saturated heterocycles. The van der Waals surface area contributed by atoms with Gasteiger partial charge < -0.3 is 4.74 Å². The number of cyclic esters (lactones) is 1. The average Bonchev–Trinajstić information content (AvgIpc) is 3.08. The highest BCUT2D eigenvalue weighted by molar-refractivity contribution is 8.00. The van der Waals surface area contributed by atoms with Crippen LogP contribution in [0.1, 0.15) is 40.7 Å². The third-order valence-electron chi connectivity index (χ3n) is 5.32. The Bertz CT molecular complexity index is 1070. The van der Waals surface area contributed by atoms with Gasteiger partial charge in [-0.25, -0.2) is 4.79 Å². The van der Waals surface area contributed by atoms with E-state index in [-0.39, 0.29) is 17.5 Å². The second-order valence-corrected chi connectivity index (χ2v) is 8.59. The molecule has 0 saturated carbocycles. The maximum absolute atomic E-state index is 15.8. The predicted octanol–water partition coefficient (Wildman–Crippen LogP) is 7.32. The molecule has 0 aliphatic carbocycles. The summed E-state index contributed by atoms with van der Waals surface area (Å²) in [5, 5.41) is -3.33. The van der Waals surface area contributed by atoms with Gasteiger partial charge >= 0.3 is 11.2 Å². The van der Waals surface area contributed by atoms with Crippen molar-refractivity contribution in [2.75, 3.05) is 0 Å². The largest absolute Gasteiger partial charge is 0.443 e. The van der Waals surface area contributed by atoms with Crippen LogP contribution in [-0.2, 0) is 10.3 Å². The molecule has 0 amide bonds. The van der Waals surface area contributed by atoms with Crippen LogP contribution in [0.2, 0.25) is 0 Å². The number of thioether (sulfide) groups is 1. The predicted molar refractivity (Wildman–Crippen MR) is 120 cm³/mol. The molecular formula is C26H22F2O2S. The highest BCUT2D eigenvalue weighted by Crippen LogP contribution is 2.56. The van der Waals surface area contributed by atoms with E-state index in [1.807, 2.05) is 42.5 Å². The maximum Gasteiger partial charge on any atom is 0.341 e. The van der Waals surface area contributed by atoms with E-state index >= 15 is 8.78 Å². The van der Waals surface area contributed by atoms with Gasteiger partial charge in [0.25, 0.3) is 0 Å². The van der Waals surface area contributed by atoms with Gasteiger partial charge in [0.2, 0.25) is 5.60 Å². The van der Waals surface area contributed by atoms with Crippen molar-refractivity contribution in [2.24, 2.45) is 0 Å².